The summed E-state index contributed by atoms with van der Waals surface area (Å²) in [4.78, 5) is 15.7. The summed E-state index contributed by atoms with van der Waals surface area (Å²) in [6.45, 7) is 0. The third-order valence-corrected chi connectivity index (χ3v) is 2.42. The Morgan fingerprint density at radius 2 is 2.00 bits per heavy atom. The number of carbonyl (C=O) groups is 1. The minimum atomic E-state index is -1.12. The van der Waals surface area contributed by atoms with Gasteiger partial charge in [-0.3, -0.25) is 15.6 Å². The van der Waals surface area contributed by atoms with E-state index in [1.807, 2.05) is 0 Å². The van der Waals surface area contributed by atoms with Crippen LogP contribution in [0.2, 0.25) is 0 Å². The van der Waals surface area contributed by atoms with Gasteiger partial charge in [-0.1, -0.05) is 6.07 Å². The zero-order valence-corrected chi connectivity index (χ0v) is 9.65. The summed E-state index contributed by atoms with van der Waals surface area (Å²) in [5, 5.41) is 2.26. The van der Waals surface area contributed by atoms with Crippen LogP contribution in [0, 0.1) is 11.6 Å². The number of amides is 1. The first-order valence-corrected chi connectivity index (χ1v) is 5.29. The van der Waals surface area contributed by atoms with Gasteiger partial charge in [-0.15, -0.1) is 0 Å². The second-order valence-corrected chi connectivity index (χ2v) is 3.62. The molecule has 0 aliphatic heterocycles. The Morgan fingerprint density at radius 1 is 1.21 bits per heavy atom. The highest BCUT2D eigenvalue weighted by atomic mass is 19.2. The average molecular weight is 264 g/mol. The lowest BCUT2D eigenvalue weighted by atomic mass is 10.2. The fraction of sp³-hybridized carbons (Fsp3) is 0. The van der Waals surface area contributed by atoms with Gasteiger partial charge in [0.2, 0.25) is 0 Å². The second kappa shape index (κ2) is 5.40. The number of halogens is 2. The van der Waals surface area contributed by atoms with Crippen molar-refractivity contribution in [3.63, 3.8) is 0 Å². The number of carbonyl (C=O) groups excluding carboxylic acids is 1. The zero-order valence-electron chi connectivity index (χ0n) is 9.65. The third kappa shape index (κ3) is 2.66. The van der Waals surface area contributed by atoms with E-state index >= 15 is 0 Å². The van der Waals surface area contributed by atoms with Crippen LogP contribution in [0.4, 0.5) is 20.2 Å². The summed E-state index contributed by atoms with van der Waals surface area (Å²) < 4.78 is 26.4. The molecule has 0 aliphatic carbocycles. The van der Waals surface area contributed by atoms with E-state index in [1.54, 1.807) is 0 Å². The molecule has 0 bridgehead atoms. The molecule has 2 aromatic rings. The maximum absolute atomic E-state index is 13.4. The van der Waals surface area contributed by atoms with Crippen LogP contribution in [0.3, 0.4) is 0 Å². The maximum atomic E-state index is 13.4. The lowest BCUT2D eigenvalue weighted by Crippen LogP contribution is -2.18. The molecule has 0 aliphatic rings. The first-order valence-electron chi connectivity index (χ1n) is 5.29. The number of nitrogen functional groups attached to an aromatic ring is 1. The predicted octanol–water partition coefficient (Wildman–Crippen LogP) is 1.90. The van der Waals surface area contributed by atoms with Gasteiger partial charge in [0.25, 0.3) is 5.91 Å². The highest BCUT2D eigenvalue weighted by molar-refractivity contribution is 6.07. The summed E-state index contributed by atoms with van der Waals surface area (Å²) >= 11 is 0. The smallest absolute Gasteiger partial charge is 0.258 e. The van der Waals surface area contributed by atoms with Gasteiger partial charge < -0.3 is 10.7 Å². The average Bonchev–Trinajstić information content (AvgIpc) is 2.43. The predicted molar refractivity (Wildman–Crippen MR) is 66.4 cm³/mol. The molecule has 0 fully saturated rings. The highest BCUT2D eigenvalue weighted by Gasteiger charge is 2.14. The lowest BCUT2D eigenvalue weighted by molar-refractivity contribution is 0.102. The van der Waals surface area contributed by atoms with Crippen molar-refractivity contribution in [3.05, 3.63) is 53.9 Å². The molecule has 0 unspecified atom stereocenters. The van der Waals surface area contributed by atoms with Crippen molar-refractivity contribution < 1.29 is 13.6 Å². The van der Waals surface area contributed by atoms with E-state index in [-0.39, 0.29) is 16.9 Å². The molecule has 0 spiro atoms. The Bertz CT molecular complexity index is 618. The van der Waals surface area contributed by atoms with E-state index in [0.29, 0.717) is 0 Å². The van der Waals surface area contributed by atoms with Gasteiger partial charge in [-0.05, 0) is 18.2 Å². The zero-order chi connectivity index (χ0) is 13.8. The molecule has 0 radical (unpaired) electrons. The third-order valence-electron chi connectivity index (χ3n) is 2.42. The quantitative estimate of drug-likeness (QED) is 0.584. The monoisotopic (exact) mass is 264 g/mol. The van der Waals surface area contributed by atoms with E-state index in [9.17, 15) is 13.6 Å². The van der Waals surface area contributed by atoms with Crippen LogP contribution in [0.15, 0.2) is 36.7 Å². The summed E-state index contributed by atoms with van der Waals surface area (Å²) in [5.41, 5.74) is 2.49. The molecule has 4 N–H and O–H groups in total. The minimum Gasteiger partial charge on any atom is -0.322 e. The van der Waals surface area contributed by atoms with Gasteiger partial charge in [-0.25, -0.2) is 8.78 Å². The van der Waals surface area contributed by atoms with Crippen molar-refractivity contribution in [2.45, 2.75) is 0 Å². The molecule has 1 heterocycles. The molecular weight excluding hydrogens is 254 g/mol. The van der Waals surface area contributed by atoms with Crippen molar-refractivity contribution in [1.82, 2.24) is 4.98 Å². The number of nitrogens with zero attached hydrogens (tertiary/aromatic N) is 1. The number of anilines is 2. The molecule has 5 nitrogen and oxygen atoms in total. The topological polar surface area (TPSA) is 80.0 Å². The van der Waals surface area contributed by atoms with Gasteiger partial charge in [0, 0.05) is 6.20 Å². The van der Waals surface area contributed by atoms with Crippen LogP contribution in [0.1, 0.15) is 10.4 Å². The number of hydrazine groups is 1. The molecular formula is C12H10F2N4O. The van der Waals surface area contributed by atoms with Gasteiger partial charge >= 0.3 is 0 Å². The summed E-state index contributed by atoms with van der Waals surface area (Å²) in [6, 6.07) is 4.92. The number of benzene rings is 1. The van der Waals surface area contributed by atoms with Crippen LogP contribution in [-0.4, -0.2) is 10.9 Å². The van der Waals surface area contributed by atoms with Crippen LogP contribution in [0.5, 0.6) is 0 Å². The van der Waals surface area contributed by atoms with Crippen LogP contribution in [0.25, 0.3) is 0 Å². The van der Waals surface area contributed by atoms with E-state index in [2.05, 4.69) is 15.7 Å². The number of pyridine rings is 1. The Balaban J connectivity index is 2.28. The molecule has 1 amide bonds. The molecule has 1 aromatic carbocycles. The summed E-state index contributed by atoms with van der Waals surface area (Å²) in [7, 11) is 0. The number of nitrogens with two attached hydrogens (primary N) is 1. The fourth-order valence-electron chi connectivity index (χ4n) is 1.50. The van der Waals surface area contributed by atoms with Crippen molar-refractivity contribution in [2.75, 3.05) is 10.7 Å². The SMILES string of the molecule is NNc1cnccc1C(=O)Nc1cccc(F)c1F. The largest absolute Gasteiger partial charge is 0.322 e. The number of hydrogen-bond donors (Lipinski definition) is 3. The Labute approximate surface area is 107 Å². The molecule has 19 heavy (non-hydrogen) atoms. The van der Waals surface area contributed by atoms with Gasteiger partial charge in [0.15, 0.2) is 11.6 Å². The van der Waals surface area contributed by atoms with Crippen molar-refractivity contribution in [3.8, 4) is 0 Å². The number of nitrogens with one attached hydrogen (secondary N) is 2. The molecule has 7 heteroatoms. The van der Waals surface area contributed by atoms with Crippen LogP contribution < -0.4 is 16.6 Å². The standard InChI is InChI=1S/C12H10F2N4O/c13-8-2-1-3-9(11(8)14)17-12(19)7-4-5-16-6-10(7)18-15/h1-6,18H,15H2,(H,17,19). The van der Waals surface area contributed by atoms with E-state index in [1.165, 1.54) is 30.6 Å². The van der Waals surface area contributed by atoms with E-state index in [4.69, 9.17) is 5.84 Å². The van der Waals surface area contributed by atoms with Gasteiger partial charge in [0.05, 0.1) is 23.1 Å². The molecule has 0 saturated heterocycles. The Kier molecular flexibility index (Phi) is 3.67. The first kappa shape index (κ1) is 12.9. The molecule has 1 aromatic heterocycles. The molecule has 2 rings (SSSR count). The van der Waals surface area contributed by atoms with Crippen LogP contribution >= 0.6 is 0 Å². The molecule has 0 saturated carbocycles. The summed E-state index contributed by atoms with van der Waals surface area (Å²) in [6.07, 6.45) is 2.73. The minimum absolute atomic E-state index is 0.168. The van der Waals surface area contributed by atoms with E-state index < -0.39 is 17.5 Å². The number of hydrogen-bond acceptors (Lipinski definition) is 4. The lowest BCUT2D eigenvalue weighted by Gasteiger charge is -2.09. The molecule has 98 valence electrons. The fourth-order valence-corrected chi connectivity index (χ4v) is 1.50. The van der Waals surface area contributed by atoms with Crippen molar-refractivity contribution in [1.29, 1.82) is 0 Å². The molecule has 0 atom stereocenters. The summed E-state index contributed by atoms with van der Waals surface area (Å²) in [5.74, 6) is 2.45. The Hall–Kier alpha value is -2.54. The number of rotatable bonds is 3. The highest BCUT2D eigenvalue weighted by Crippen LogP contribution is 2.19. The first-order chi connectivity index (χ1) is 9.13. The Morgan fingerprint density at radius 3 is 2.74 bits per heavy atom. The number of aromatic nitrogens is 1. The maximum Gasteiger partial charge on any atom is 0.258 e. The second-order valence-electron chi connectivity index (χ2n) is 3.62. The van der Waals surface area contributed by atoms with Crippen molar-refractivity contribution >= 4 is 17.3 Å². The van der Waals surface area contributed by atoms with Gasteiger partial charge in [-0.2, -0.15) is 0 Å². The van der Waals surface area contributed by atoms with Crippen molar-refractivity contribution in [2.24, 2.45) is 5.84 Å². The van der Waals surface area contributed by atoms with Crippen LogP contribution in [-0.2, 0) is 0 Å². The van der Waals surface area contributed by atoms with E-state index in [0.717, 1.165) is 6.07 Å². The van der Waals surface area contributed by atoms with Gasteiger partial charge in [0.1, 0.15) is 0 Å². The normalized spacial score (nSPS) is 10.1.